The van der Waals surface area contributed by atoms with Crippen molar-refractivity contribution in [2.75, 3.05) is 7.11 Å². The predicted octanol–water partition coefficient (Wildman–Crippen LogP) is 6.07. The average molecular weight is 494 g/mol. The van der Waals surface area contributed by atoms with Crippen molar-refractivity contribution in [3.63, 3.8) is 0 Å². The van der Waals surface area contributed by atoms with E-state index in [-0.39, 0.29) is 74.4 Å². The average Bonchev–Trinajstić information content (AvgIpc) is 2.82. The summed E-state index contributed by atoms with van der Waals surface area (Å²) in [6.07, 6.45) is 8.59. The van der Waals surface area contributed by atoms with Crippen molar-refractivity contribution in [3.05, 3.63) is 11.6 Å². The van der Waals surface area contributed by atoms with Crippen LogP contribution in [0.15, 0.2) is 11.6 Å². The molecule has 3 unspecified atom stereocenters. The van der Waals surface area contributed by atoms with E-state index in [0.29, 0.717) is 6.42 Å². The fourth-order valence-corrected chi connectivity index (χ4v) is 10.5. The van der Waals surface area contributed by atoms with Crippen molar-refractivity contribution in [1.29, 1.82) is 5.26 Å². The van der Waals surface area contributed by atoms with E-state index in [0.717, 1.165) is 44.9 Å². The minimum atomic E-state index is -0.561. The van der Waals surface area contributed by atoms with Crippen LogP contribution in [0.2, 0.25) is 0 Å². The van der Waals surface area contributed by atoms with E-state index in [9.17, 15) is 19.6 Å². The van der Waals surface area contributed by atoms with Crippen LogP contribution >= 0.6 is 0 Å². The molecule has 0 heterocycles. The van der Waals surface area contributed by atoms with Crippen LogP contribution in [0.3, 0.4) is 0 Å². The first-order valence-electron chi connectivity index (χ1n) is 14.0. The highest BCUT2D eigenvalue weighted by atomic mass is 16.5. The molecule has 5 nitrogen and oxygen atoms in total. The highest BCUT2D eigenvalue weighted by Gasteiger charge is 2.72. The van der Waals surface area contributed by atoms with Gasteiger partial charge in [0.25, 0.3) is 0 Å². The van der Waals surface area contributed by atoms with Crippen molar-refractivity contribution >= 4 is 17.5 Å². The summed E-state index contributed by atoms with van der Waals surface area (Å²) >= 11 is 0. The number of fused-ring (bicyclic) bond motifs is 7. The molecule has 5 heteroatoms. The van der Waals surface area contributed by atoms with Crippen LogP contribution in [-0.2, 0) is 19.1 Å². The van der Waals surface area contributed by atoms with E-state index in [1.54, 1.807) is 0 Å². The number of methoxy groups -OCH3 is 1. The van der Waals surface area contributed by atoms with Gasteiger partial charge in [-0.2, -0.15) is 5.26 Å². The molecule has 0 aromatic heterocycles. The number of carbonyl (C=O) groups excluding carboxylic acids is 3. The lowest BCUT2D eigenvalue weighted by atomic mass is 9.32. The molecule has 0 radical (unpaired) electrons. The summed E-state index contributed by atoms with van der Waals surface area (Å²) < 4.78 is 5.41. The summed E-state index contributed by atoms with van der Waals surface area (Å²) in [6.45, 7) is 13.5. The number of nitriles is 1. The van der Waals surface area contributed by atoms with Crippen LogP contribution in [0.1, 0.15) is 92.9 Å². The molecule has 0 N–H and O–H groups in total. The number of carbonyl (C=O) groups is 3. The van der Waals surface area contributed by atoms with Crippen molar-refractivity contribution in [3.8, 4) is 6.07 Å². The van der Waals surface area contributed by atoms with Gasteiger partial charge in [-0.25, -0.2) is 0 Å². The maximum Gasteiger partial charge on any atom is 0.312 e. The van der Waals surface area contributed by atoms with Crippen LogP contribution in [0.5, 0.6) is 0 Å². The van der Waals surface area contributed by atoms with Gasteiger partial charge in [0.1, 0.15) is 11.9 Å². The SMILES string of the molecule is COC(=O)[C@]12CCC(C)(C)CC1C1C(=O)CC3[C@@]4(C)C=C(C#N)C(=O)[C@@H](C)[C@@H]4CC[C@@]3(C)[C@]1(C)CC2. The fraction of sp³-hybridized carbons (Fsp3) is 0.806. The van der Waals surface area contributed by atoms with E-state index in [4.69, 9.17) is 4.74 Å². The Morgan fingerprint density at radius 1 is 1.00 bits per heavy atom. The quantitative estimate of drug-likeness (QED) is 0.414. The number of hydrogen-bond acceptors (Lipinski definition) is 5. The number of rotatable bonds is 1. The van der Waals surface area contributed by atoms with Crippen LogP contribution < -0.4 is 0 Å². The molecule has 4 fully saturated rings. The Balaban J connectivity index is 1.63. The van der Waals surface area contributed by atoms with E-state index in [2.05, 4.69) is 40.7 Å². The standard InChI is InChI=1S/C31H43NO4/c1-18-20-8-9-29(5)23(28(20,4)15-19(17-32)25(18)34)14-22(33)24-21-16-27(2,3)10-12-31(21,26(35)36-7)13-11-30(24,29)6/h15,18,20-21,23-24H,8-14,16H2,1-7H3/t18-,20-,21?,23?,24?,28-,29+,30+,31-/m0/s1. The number of Topliss-reactive ketones (excluding diaryl/α,β-unsaturated/α-hetero) is 2. The molecule has 0 aromatic rings. The first-order chi connectivity index (χ1) is 16.7. The van der Waals surface area contributed by atoms with Gasteiger partial charge in [-0.05, 0) is 84.4 Å². The molecule has 0 saturated heterocycles. The van der Waals surface area contributed by atoms with Gasteiger partial charge in [0.15, 0.2) is 5.78 Å². The predicted molar refractivity (Wildman–Crippen MR) is 136 cm³/mol. The molecule has 196 valence electrons. The van der Waals surface area contributed by atoms with Gasteiger partial charge >= 0.3 is 5.97 Å². The van der Waals surface area contributed by atoms with Crippen molar-refractivity contribution in [2.24, 2.45) is 56.7 Å². The molecule has 0 bridgehead atoms. The van der Waals surface area contributed by atoms with Gasteiger partial charge in [-0.15, -0.1) is 0 Å². The molecule has 5 aliphatic rings. The molecule has 0 amide bonds. The lowest BCUT2D eigenvalue weighted by Crippen LogP contribution is -2.68. The van der Waals surface area contributed by atoms with E-state index >= 15 is 0 Å². The van der Waals surface area contributed by atoms with Gasteiger partial charge < -0.3 is 4.74 Å². The van der Waals surface area contributed by atoms with Gasteiger partial charge in [0.2, 0.25) is 0 Å². The van der Waals surface area contributed by atoms with Crippen LogP contribution in [0.4, 0.5) is 0 Å². The number of ether oxygens (including phenoxy) is 1. The Morgan fingerprint density at radius 3 is 2.31 bits per heavy atom. The topological polar surface area (TPSA) is 84.2 Å². The van der Waals surface area contributed by atoms with E-state index in [1.165, 1.54) is 7.11 Å². The van der Waals surface area contributed by atoms with Crippen molar-refractivity contribution in [2.45, 2.75) is 92.9 Å². The summed E-state index contributed by atoms with van der Waals surface area (Å²) in [7, 11) is 1.49. The minimum Gasteiger partial charge on any atom is -0.469 e. The second-order valence-corrected chi connectivity index (χ2v) is 14.5. The maximum absolute atomic E-state index is 14.4. The lowest BCUT2D eigenvalue weighted by Gasteiger charge is -2.71. The first kappa shape index (κ1) is 25.7. The summed E-state index contributed by atoms with van der Waals surface area (Å²) in [5, 5.41) is 9.77. The molecule has 9 atom stereocenters. The number of allylic oxidation sites excluding steroid dienone is 2. The molecule has 0 aromatic carbocycles. The zero-order valence-corrected chi connectivity index (χ0v) is 23.2. The van der Waals surface area contributed by atoms with Crippen molar-refractivity contribution < 1.29 is 19.1 Å². The normalized spacial score (nSPS) is 49.4. The molecule has 4 saturated carbocycles. The molecule has 5 rings (SSSR count). The highest BCUT2D eigenvalue weighted by molar-refractivity contribution is 6.01. The molecule has 0 aliphatic heterocycles. The van der Waals surface area contributed by atoms with Gasteiger partial charge in [0, 0.05) is 18.3 Å². The third-order valence-corrected chi connectivity index (χ3v) is 12.7. The smallest absolute Gasteiger partial charge is 0.312 e. The summed E-state index contributed by atoms with van der Waals surface area (Å²) in [5.41, 5.74) is -0.912. The summed E-state index contributed by atoms with van der Waals surface area (Å²) in [4.78, 5) is 40.6. The monoisotopic (exact) mass is 493 g/mol. The van der Waals surface area contributed by atoms with Gasteiger partial charge in [-0.3, -0.25) is 14.4 Å². The largest absolute Gasteiger partial charge is 0.469 e. The van der Waals surface area contributed by atoms with Crippen LogP contribution in [0, 0.1) is 68.0 Å². The van der Waals surface area contributed by atoms with E-state index in [1.807, 2.05) is 13.0 Å². The molecule has 36 heavy (non-hydrogen) atoms. The Morgan fingerprint density at radius 2 is 1.67 bits per heavy atom. The summed E-state index contributed by atoms with van der Waals surface area (Å²) in [6, 6.07) is 2.17. The second kappa shape index (κ2) is 7.78. The van der Waals surface area contributed by atoms with Gasteiger partial charge in [-0.1, -0.05) is 47.6 Å². The third kappa shape index (κ3) is 3.02. The summed E-state index contributed by atoms with van der Waals surface area (Å²) in [5.74, 6) is -0.0000937. The second-order valence-electron chi connectivity index (χ2n) is 14.5. The third-order valence-electron chi connectivity index (χ3n) is 12.7. The number of ketones is 2. The van der Waals surface area contributed by atoms with Crippen molar-refractivity contribution in [1.82, 2.24) is 0 Å². The van der Waals surface area contributed by atoms with E-state index < -0.39 is 5.41 Å². The molecular weight excluding hydrogens is 450 g/mol. The molecule has 5 aliphatic carbocycles. The molecular formula is C31H43NO4. The van der Waals surface area contributed by atoms with Gasteiger partial charge in [0.05, 0.1) is 18.1 Å². The Bertz CT molecular complexity index is 1100. The number of nitrogens with zero attached hydrogens (tertiary/aromatic N) is 1. The number of hydrogen-bond donors (Lipinski definition) is 0. The Labute approximate surface area is 216 Å². The van der Waals surface area contributed by atoms with Crippen LogP contribution in [0.25, 0.3) is 0 Å². The first-order valence-corrected chi connectivity index (χ1v) is 14.0. The zero-order chi connectivity index (χ0) is 26.5. The molecule has 0 spiro atoms. The highest BCUT2D eigenvalue weighted by Crippen LogP contribution is 2.75. The fourth-order valence-electron chi connectivity index (χ4n) is 10.5. The zero-order valence-electron chi connectivity index (χ0n) is 23.2. The minimum absolute atomic E-state index is 0.000299. The Hall–Kier alpha value is -1.96. The lowest BCUT2D eigenvalue weighted by molar-refractivity contribution is -0.223. The van der Waals surface area contributed by atoms with Crippen LogP contribution in [-0.4, -0.2) is 24.6 Å². The maximum atomic E-state index is 14.4. The Kier molecular flexibility index (Phi) is 5.55. The number of esters is 1.